The molecule has 1 aromatic carbocycles. The van der Waals surface area contributed by atoms with Crippen LogP contribution in [0, 0.1) is 17.8 Å². The predicted molar refractivity (Wildman–Crippen MR) is 89.6 cm³/mol. The van der Waals surface area contributed by atoms with Crippen molar-refractivity contribution in [1.82, 2.24) is 9.55 Å². The maximum absolute atomic E-state index is 10.9. The van der Waals surface area contributed by atoms with E-state index in [9.17, 15) is 5.11 Å². The molecule has 2 aromatic rings. The number of benzene rings is 1. The van der Waals surface area contributed by atoms with E-state index < -0.39 is 0 Å². The number of nitrogens with zero attached hydrogens (tertiary/aromatic N) is 2. The van der Waals surface area contributed by atoms with Gasteiger partial charge < -0.3 is 9.67 Å². The first-order valence-electron chi connectivity index (χ1n) is 8.30. The fraction of sp³-hybridized carbons (Fsp3) is 0.526. The minimum Gasteiger partial charge on any atom is -0.392 e. The smallest absolute Gasteiger partial charge is 0.0956 e. The van der Waals surface area contributed by atoms with E-state index in [1.54, 1.807) is 0 Å². The molecule has 1 aromatic heterocycles. The third kappa shape index (κ3) is 2.48. The fourth-order valence-corrected chi connectivity index (χ4v) is 3.80. The molecule has 0 spiro atoms. The zero-order chi connectivity index (χ0) is 15.9. The van der Waals surface area contributed by atoms with Gasteiger partial charge in [0.05, 0.1) is 30.4 Å². The first-order chi connectivity index (χ1) is 10.5. The minimum absolute atomic E-state index is 0.188. The van der Waals surface area contributed by atoms with Crippen LogP contribution >= 0.6 is 0 Å². The highest BCUT2D eigenvalue weighted by atomic mass is 16.3. The highest BCUT2D eigenvalue weighted by Gasteiger charge is 2.38. The lowest BCUT2D eigenvalue weighted by atomic mass is 9.79. The van der Waals surface area contributed by atoms with Crippen LogP contribution in [0.2, 0.25) is 0 Å². The second kappa shape index (κ2) is 5.88. The van der Waals surface area contributed by atoms with Crippen LogP contribution < -0.4 is 0 Å². The van der Waals surface area contributed by atoms with Crippen molar-refractivity contribution in [2.75, 3.05) is 0 Å². The standard InChI is InChI=1S/C19H26N2O/c1-12(2)9-16(19(22)13(3)4)18-15-8-6-5-7-14(15)17-10-20-11-21(17)18/h5-8,10-13,16,18-19,22H,9H2,1-4H3/t16-,18-,19-/m0/s1. The van der Waals surface area contributed by atoms with E-state index in [-0.39, 0.29) is 24.0 Å². The molecule has 3 rings (SSSR count). The first kappa shape index (κ1) is 15.3. The van der Waals surface area contributed by atoms with E-state index in [2.05, 4.69) is 61.5 Å². The van der Waals surface area contributed by atoms with Crippen LogP contribution in [0.1, 0.15) is 45.7 Å². The summed E-state index contributed by atoms with van der Waals surface area (Å²) >= 11 is 0. The molecule has 22 heavy (non-hydrogen) atoms. The van der Waals surface area contributed by atoms with E-state index in [1.165, 1.54) is 16.8 Å². The molecule has 1 aliphatic rings. The van der Waals surface area contributed by atoms with Gasteiger partial charge in [-0.1, -0.05) is 52.0 Å². The summed E-state index contributed by atoms with van der Waals surface area (Å²) in [7, 11) is 0. The Morgan fingerprint density at radius 2 is 1.91 bits per heavy atom. The van der Waals surface area contributed by atoms with E-state index in [1.807, 2.05) is 12.5 Å². The van der Waals surface area contributed by atoms with Crippen LogP contribution in [0.4, 0.5) is 0 Å². The van der Waals surface area contributed by atoms with Gasteiger partial charge in [0, 0.05) is 11.5 Å². The van der Waals surface area contributed by atoms with Crippen LogP contribution in [-0.2, 0) is 0 Å². The van der Waals surface area contributed by atoms with Crippen molar-refractivity contribution in [1.29, 1.82) is 0 Å². The summed E-state index contributed by atoms with van der Waals surface area (Å²) in [6, 6.07) is 8.73. The number of hydrogen-bond donors (Lipinski definition) is 1. The Hall–Kier alpha value is -1.61. The molecule has 0 saturated heterocycles. The number of aromatic nitrogens is 2. The zero-order valence-corrected chi connectivity index (χ0v) is 13.9. The molecule has 0 amide bonds. The minimum atomic E-state index is -0.311. The third-order valence-corrected chi connectivity index (χ3v) is 4.79. The van der Waals surface area contributed by atoms with Crippen molar-refractivity contribution in [3.63, 3.8) is 0 Å². The molecule has 1 N–H and O–H groups in total. The van der Waals surface area contributed by atoms with Gasteiger partial charge in [0.15, 0.2) is 0 Å². The van der Waals surface area contributed by atoms with Crippen molar-refractivity contribution >= 4 is 0 Å². The van der Waals surface area contributed by atoms with Crippen molar-refractivity contribution < 1.29 is 5.11 Å². The third-order valence-electron chi connectivity index (χ3n) is 4.79. The lowest BCUT2D eigenvalue weighted by molar-refractivity contribution is 0.0364. The van der Waals surface area contributed by atoms with Crippen LogP contribution in [0.15, 0.2) is 36.8 Å². The quantitative estimate of drug-likeness (QED) is 0.901. The molecule has 0 aliphatic carbocycles. The number of imidazole rings is 1. The van der Waals surface area contributed by atoms with Crippen molar-refractivity contribution in [3.8, 4) is 11.3 Å². The lowest BCUT2D eigenvalue weighted by Crippen LogP contribution is -2.34. The summed E-state index contributed by atoms with van der Waals surface area (Å²) in [6.07, 6.45) is 4.55. The molecule has 0 unspecified atom stereocenters. The number of rotatable bonds is 5. The van der Waals surface area contributed by atoms with Gasteiger partial charge in [-0.25, -0.2) is 4.98 Å². The predicted octanol–water partition coefficient (Wildman–Crippen LogP) is 4.13. The van der Waals surface area contributed by atoms with Gasteiger partial charge in [-0.2, -0.15) is 0 Å². The molecule has 118 valence electrons. The van der Waals surface area contributed by atoms with Gasteiger partial charge in [-0.3, -0.25) is 0 Å². The number of hydrogen-bond acceptors (Lipinski definition) is 2. The molecule has 2 heterocycles. The molecule has 0 saturated carbocycles. The summed E-state index contributed by atoms with van der Waals surface area (Å²) in [4.78, 5) is 4.34. The maximum atomic E-state index is 10.9. The summed E-state index contributed by atoms with van der Waals surface area (Å²) in [5, 5.41) is 10.9. The van der Waals surface area contributed by atoms with Gasteiger partial charge in [0.1, 0.15) is 0 Å². The number of aliphatic hydroxyl groups is 1. The summed E-state index contributed by atoms with van der Waals surface area (Å²) in [5.74, 6) is 1.01. The second-order valence-corrected chi connectivity index (χ2v) is 7.25. The monoisotopic (exact) mass is 298 g/mol. The second-order valence-electron chi connectivity index (χ2n) is 7.25. The molecule has 3 nitrogen and oxygen atoms in total. The van der Waals surface area contributed by atoms with Gasteiger partial charge in [0.2, 0.25) is 0 Å². The van der Waals surface area contributed by atoms with Crippen LogP contribution in [0.3, 0.4) is 0 Å². The van der Waals surface area contributed by atoms with E-state index in [0.717, 1.165) is 6.42 Å². The highest BCUT2D eigenvalue weighted by Crippen LogP contribution is 2.46. The Bertz CT molecular complexity index is 644. The van der Waals surface area contributed by atoms with Gasteiger partial charge >= 0.3 is 0 Å². The van der Waals surface area contributed by atoms with Crippen LogP contribution in [0.25, 0.3) is 11.3 Å². The van der Waals surface area contributed by atoms with Gasteiger partial charge in [-0.05, 0) is 23.8 Å². The lowest BCUT2D eigenvalue weighted by Gasteiger charge is -2.33. The molecule has 3 atom stereocenters. The summed E-state index contributed by atoms with van der Waals surface area (Å²) in [6.45, 7) is 8.67. The average molecular weight is 298 g/mol. The molecule has 0 bridgehead atoms. The fourth-order valence-electron chi connectivity index (χ4n) is 3.80. The van der Waals surface area contributed by atoms with Gasteiger partial charge in [0.25, 0.3) is 0 Å². The Kier molecular flexibility index (Phi) is 4.09. The first-order valence-corrected chi connectivity index (χ1v) is 8.30. The van der Waals surface area contributed by atoms with Crippen LogP contribution in [0.5, 0.6) is 0 Å². The molecule has 0 fully saturated rings. The molecule has 0 radical (unpaired) electrons. The summed E-state index contributed by atoms with van der Waals surface area (Å²) < 4.78 is 2.25. The number of aliphatic hydroxyl groups excluding tert-OH is 1. The Labute approximate surface area is 133 Å². The topological polar surface area (TPSA) is 38.1 Å². The molecular formula is C19H26N2O. The Balaban J connectivity index is 2.08. The Morgan fingerprint density at radius 1 is 1.18 bits per heavy atom. The van der Waals surface area contributed by atoms with Crippen molar-refractivity contribution in [2.45, 2.75) is 46.3 Å². The van der Waals surface area contributed by atoms with Crippen molar-refractivity contribution in [2.24, 2.45) is 17.8 Å². The largest absolute Gasteiger partial charge is 0.392 e. The highest BCUT2D eigenvalue weighted by molar-refractivity contribution is 5.69. The normalized spacial score (nSPS) is 19.3. The van der Waals surface area contributed by atoms with E-state index in [0.29, 0.717) is 5.92 Å². The van der Waals surface area contributed by atoms with Gasteiger partial charge in [-0.15, -0.1) is 0 Å². The molecule has 3 heteroatoms. The zero-order valence-electron chi connectivity index (χ0n) is 13.9. The van der Waals surface area contributed by atoms with E-state index >= 15 is 0 Å². The van der Waals surface area contributed by atoms with E-state index in [4.69, 9.17) is 0 Å². The summed E-state index contributed by atoms with van der Waals surface area (Å²) in [5.41, 5.74) is 3.75. The average Bonchev–Trinajstić information content (AvgIpc) is 3.04. The molecule has 1 aliphatic heterocycles. The Morgan fingerprint density at radius 3 is 2.59 bits per heavy atom. The SMILES string of the molecule is CC(C)C[C@H]([C@@H](O)C(C)C)[C@@H]1c2ccccc2-c2cncn21. The number of fused-ring (bicyclic) bond motifs is 3. The van der Waals surface area contributed by atoms with Crippen molar-refractivity contribution in [3.05, 3.63) is 42.4 Å². The maximum Gasteiger partial charge on any atom is 0.0956 e. The molecular weight excluding hydrogens is 272 g/mol. The van der Waals surface area contributed by atoms with Crippen LogP contribution in [-0.4, -0.2) is 20.8 Å².